The minimum absolute atomic E-state index is 0.122. The first-order valence-corrected chi connectivity index (χ1v) is 5.99. The predicted molar refractivity (Wildman–Crippen MR) is 76.8 cm³/mol. The second-order valence-electron chi connectivity index (χ2n) is 3.89. The van der Waals surface area contributed by atoms with Crippen LogP contribution in [0.15, 0.2) is 59.2 Å². The molecule has 2 atom stereocenters. The Hall–Kier alpha value is -1.70. The zero-order chi connectivity index (χ0) is 12.5. The lowest BCUT2D eigenvalue weighted by Gasteiger charge is -2.13. The summed E-state index contributed by atoms with van der Waals surface area (Å²) in [5.74, 6) is 0.325. The second kappa shape index (κ2) is 7.55. The van der Waals surface area contributed by atoms with Gasteiger partial charge in [0, 0.05) is 18.3 Å². The fourth-order valence-electron chi connectivity index (χ4n) is 1.56. The monoisotopic (exact) mass is 228 g/mol. The molecule has 90 valence electrons. The van der Waals surface area contributed by atoms with Gasteiger partial charge in [-0.15, -0.1) is 6.58 Å². The molecule has 0 aromatic carbocycles. The molecular weight excluding hydrogens is 208 g/mol. The first-order valence-electron chi connectivity index (χ1n) is 5.99. The lowest BCUT2D eigenvalue weighted by atomic mass is 10.1. The van der Waals surface area contributed by atoms with Gasteiger partial charge in [-0.25, -0.2) is 0 Å². The molecule has 0 spiro atoms. The quantitative estimate of drug-likeness (QED) is 0.376. The molecule has 2 heteroatoms. The van der Waals surface area contributed by atoms with Gasteiger partial charge in [-0.3, -0.25) is 9.98 Å². The zero-order valence-corrected chi connectivity index (χ0v) is 10.4. The van der Waals surface area contributed by atoms with E-state index >= 15 is 0 Å². The minimum atomic E-state index is 0.122. The van der Waals surface area contributed by atoms with E-state index in [9.17, 15) is 0 Å². The van der Waals surface area contributed by atoms with E-state index in [4.69, 9.17) is 0 Å². The van der Waals surface area contributed by atoms with Gasteiger partial charge in [0.05, 0.1) is 11.7 Å². The highest BCUT2D eigenvalue weighted by atomic mass is 14.9. The maximum absolute atomic E-state index is 4.53. The topological polar surface area (TPSA) is 24.7 Å². The Morgan fingerprint density at radius 1 is 1.59 bits per heavy atom. The van der Waals surface area contributed by atoms with Gasteiger partial charge in [0.1, 0.15) is 0 Å². The number of allylic oxidation sites excluding steroid dienone is 4. The van der Waals surface area contributed by atoms with Crippen molar-refractivity contribution in [3.8, 4) is 0 Å². The van der Waals surface area contributed by atoms with Crippen molar-refractivity contribution < 1.29 is 0 Å². The second-order valence-corrected chi connectivity index (χ2v) is 3.89. The van der Waals surface area contributed by atoms with Crippen LogP contribution in [-0.2, 0) is 0 Å². The van der Waals surface area contributed by atoms with E-state index in [0.717, 1.165) is 18.5 Å². The van der Waals surface area contributed by atoms with Crippen molar-refractivity contribution in [3.05, 3.63) is 49.2 Å². The lowest BCUT2D eigenvalue weighted by molar-refractivity contribution is 0.767. The number of dihydropyridines is 1. The largest absolute Gasteiger partial charge is 0.283 e. The van der Waals surface area contributed by atoms with Gasteiger partial charge in [0.2, 0.25) is 0 Å². The van der Waals surface area contributed by atoms with Crippen LogP contribution in [0.3, 0.4) is 0 Å². The molecule has 2 nitrogen and oxygen atoms in total. The molecule has 2 unspecified atom stereocenters. The number of hydrogen-bond acceptors (Lipinski definition) is 2. The molecule has 0 radical (unpaired) electrons. The maximum Gasteiger partial charge on any atom is 0.0953 e. The first-order chi connectivity index (χ1) is 8.31. The van der Waals surface area contributed by atoms with Gasteiger partial charge in [-0.05, 0) is 25.0 Å². The molecule has 0 fully saturated rings. The van der Waals surface area contributed by atoms with Crippen molar-refractivity contribution in [3.63, 3.8) is 0 Å². The van der Waals surface area contributed by atoms with Crippen LogP contribution < -0.4 is 0 Å². The SMILES string of the molecule is C=C/C=C(\N=C\C(C=C)CC)C1CC=CC=N1. The molecule has 1 rings (SSSR count). The maximum atomic E-state index is 4.53. The third kappa shape index (κ3) is 4.35. The Morgan fingerprint density at radius 3 is 2.94 bits per heavy atom. The van der Waals surface area contributed by atoms with E-state index in [2.05, 4.69) is 36.1 Å². The summed E-state index contributed by atoms with van der Waals surface area (Å²) in [7, 11) is 0. The number of aliphatic imine (C=N–C) groups is 2. The van der Waals surface area contributed by atoms with Crippen LogP contribution in [0.4, 0.5) is 0 Å². The predicted octanol–water partition coefficient (Wildman–Crippen LogP) is 3.74. The third-order valence-electron chi connectivity index (χ3n) is 2.67. The third-order valence-corrected chi connectivity index (χ3v) is 2.67. The Kier molecular flexibility index (Phi) is 5.94. The Balaban J connectivity index is 2.76. The van der Waals surface area contributed by atoms with Crippen molar-refractivity contribution in [2.75, 3.05) is 0 Å². The molecule has 1 aliphatic rings. The summed E-state index contributed by atoms with van der Waals surface area (Å²) in [5, 5.41) is 0. The van der Waals surface area contributed by atoms with E-state index in [1.807, 2.05) is 30.7 Å². The summed E-state index contributed by atoms with van der Waals surface area (Å²) in [6, 6.07) is 0.122. The summed E-state index contributed by atoms with van der Waals surface area (Å²) in [4.78, 5) is 8.94. The average Bonchev–Trinajstić information content (AvgIpc) is 2.39. The average molecular weight is 228 g/mol. The standard InChI is InChI=1S/C15H20N2/c1-4-9-14(15-10-7-8-11-16-15)17-12-13(5-2)6-3/h4-5,7-9,11-13,15H,1-2,6,10H2,3H3/b14-9-,17-12+. The van der Waals surface area contributed by atoms with E-state index in [1.54, 1.807) is 6.08 Å². The highest BCUT2D eigenvalue weighted by Gasteiger charge is 2.11. The van der Waals surface area contributed by atoms with Crippen molar-refractivity contribution in [1.29, 1.82) is 0 Å². The summed E-state index contributed by atoms with van der Waals surface area (Å²) in [6.07, 6.45) is 15.4. The van der Waals surface area contributed by atoms with Crippen LogP contribution in [0.1, 0.15) is 19.8 Å². The molecule has 0 aliphatic carbocycles. The normalized spacial score (nSPS) is 21.7. The van der Waals surface area contributed by atoms with Crippen molar-refractivity contribution in [2.24, 2.45) is 15.9 Å². The fraction of sp³-hybridized carbons (Fsp3) is 0.333. The van der Waals surface area contributed by atoms with Gasteiger partial charge >= 0.3 is 0 Å². The molecular formula is C15H20N2. The van der Waals surface area contributed by atoms with Crippen LogP contribution in [0.5, 0.6) is 0 Å². The highest BCUT2D eigenvalue weighted by molar-refractivity contribution is 5.73. The van der Waals surface area contributed by atoms with Crippen LogP contribution in [0.2, 0.25) is 0 Å². The Morgan fingerprint density at radius 2 is 2.41 bits per heavy atom. The number of nitrogens with zero attached hydrogens (tertiary/aromatic N) is 2. The Bertz CT molecular complexity index is 372. The molecule has 1 heterocycles. The van der Waals surface area contributed by atoms with Gasteiger partial charge in [0.15, 0.2) is 0 Å². The molecule has 0 saturated carbocycles. The Labute approximate surface area is 104 Å². The fourth-order valence-corrected chi connectivity index (χ4v) is 1.56. The highest BCUT2D eigenvalue weighted by Crippen LogP contribution is 2.16. The number of hydrogen-bond donors (Lipinski definition) is 0. The summed E-state index contributed by atoms with van der Waals surface area (Å²) in [5.41, 5.74) is 0.959. The van der Waals surface area contributed by atoms with Crippen molar-refractivity contribution in [2.45, 2.75) is 25.8 Å². The van der Waals surface area contributed by atoms with Crippen molar-refractivity contribution in [1.82, 2.24) is 0 Å². The van der Waals surface area contributed by atoms with Crippen molar-refractivity contribution >= 4 is 12.4 Å². The van der Waals surface area contributed by atoms with E-state index in [-0.39, 0.29) is 6.04 Å². The van der Waals surface area contributed by atoms with E-state index in [1.165, 1.54) is 0 Å². The van der Waals surface area contributed by atoms with E-state index < -0.39 is 0 Å². The molecule has 0 saturated heterocycles. The van der Waals surface area contributed by atoms with Crippen LogP contribution in [-0.4, -0.2) is 18.5 Å². The molecule has 0 amide bonds. The van der Waals surface area contributed by atoms with Gasteiger partial charge in [-0.2, -0.15) is 0 Å². The van der Waals surface area contributed by atoms with Gasteiger partial charge in [-0.1, -0.05) is 31.7 Å². The minimum Gasteiger partial charge on any atom is -0.283 e. The molecule has 0 aromatic heterocycles. The molecule has 0 aromatic rings. The van der Waals surface area contributed by atoms with E-state index in [0.29, 0.717) is 5.92 Å². The first kappa shape index (κ1) is 13.4. The summed E-state index contributed by atoms with van der Waals surface area (Å²) >= 11 is 0. The molecule has 17 heavy (non-hydrogen) atoms. The van der Waals surface area contributed by atoms with Crippen LogP contribution in [0.25, 0.3) is 0 Å². The molecule has 1 aliphatic heterocycles. The lowest BCUT2D eigenvalue weighted by Crippen LogP contribution is -2.09. The summed E-state index contributed by atoms with van der Waals surface area (Å²) in [6.45, 7) is 9.64. The number of rotatable bonds is 6. The smallest absolute Gasteiger partial charge is 0.0953 e. The molecule has 0 N–H and O–H groups in total. The van der Waals surface area contributed by atoms with Crippen LogP contribution in [0, 0.1) is 5.92 Å². The van der Waals surface area contributed by atoms with Gasteiger partial charge in [0.25, 0.3) is 0 Å². The van der Waals surface area contributed by atoms with Gasteiger partial charge < -0.3 is 0 Å². The zero-order valence-electron chi connectivity index (χ0n) is 10.4. The van der Waals surface area contributed by atoms with Crippen LogP contribution >= 0.6 is 0 Å². The summed E-state index contributed by atoms with van der Waals surface area (Å²) < 4.78 is 0. The molecule has 0 bridgehead atoms.